The summed E-state index contributed by atoms with van der Waals surface area (Å²) in [6.07, 6.45) is 3.72. The van der Waals surface area contributed by atoms with E-state index in [1.807, 2.05) is 84.9 Å². The van der Waals surface area contributed by atoms with Crippen molar-refractivity contribution >= 4 is 17.7 Å². The van der Waals surface area contributed by atoms with Gasteiger partial charge in [0.2, 0.25) is 17.7 Å². The van der Waals surface area contributed by atoms with Crippen LogP contribution in [0.4, 0.5) is 0 Å². The minimum atomic E-state index is -0.981. The van der Waals surface area contributed by atoms with Crippen molar-refractivity contribution in [2.45, 2.75) is 82.1 Å². The molecule has 0 bridgehead atoms. The van der Waals surface area contributed by atoms with Crippen LogP contribution >= 0.6 is 0 Å². The van der Waals surface area contributed by atoms with Crippen LogP contribution in [0.15, 0.2) is 84.9 Å². The Hall–Kier alpha value is -4.21. The van der Waals surface area contributed by atoms with Gasteiger partial charge in [0.15, 0.2) is 0 Å². The number of benzene rings is 3. The maximum atomic E-state index is 14.3. The number of aryl methyl sites for hydroxylation is 1. The summed E-state index contributed by atoms with van der Waals surface area (Å²) in [6, 6.07) is 26.1. The van der Waals surface area contributed by atoms with E-state index >= 15 is 0 Å². The lowest BCUT2D eigenvalue weighted by Crippen LogP contribution is -2.59. The Kier molecular flexibility index (Phi) is 11.7. The molecule has 9 nitrogen and oxygen atoms in total. The highest BCUT2D eigenvalue weighted by Gasteiger charge is 2.52. The second-order valence-corrected chi connectivity index (χ2v) is 13.1. The van der Waals surface area contributed by atoms with Gasteiger partial charge in [0.25, 0.3) is 0 Å². The number of methoxy groups -OCH3 is 1. The maximum Gasteiger partial charge on any atom is 0.249 e. The largest absolute Gasteiger partial charge is 0.497 e. The van der Waals surface area contributed by atoms with Crippen LogP contribution in [-0.2, 0) is 33.8 Å². The van der Waals surface area contributed by atoms with Crippen molar-refractivity contribution < 1.29 is 24.2 Å². The predicted molar refractivity (Wildman–Crippen MR) is 182 cm³/mol. The fourth-order valence-corrected chi connectivity index (χ4v) is 6.70. The van der Waals surface area contributed by atoms with Gasteiger partial charge in [0.05, 0.1) is 19.3 Å². The Morgan fingerprint density at radius 2 is 1.66 bits per heavy atom. The van der Waals surface area contributed by atoms with Crippen LogP contribution in [-0.4, -0.2) is 71.7 Å². The van der Waals surface area contributed by atoms with Gasteiger partial charge in [-0.1, -0.05) is 85.6 Å². The average molecular weight is 641 g/mol. The Morgan fingerprint density at radius 1 is 0.979 bits per heavy atom. The molecule has 250 valence electrons. The number of likely N-dealkylation sites (tertiary alicyclic amines) is 1. The first-order valence-electron chi connectivity index (χ1n) is 16.8. The summed E-state index contributed by atoms with van der Waals surface area (Å²) in [5.74, 6) is 0.451. The zero-order valence-corrected chi connectivity index (χ0v) is 27.5. The molecule has 3 aromatic rings. The number of nitrogens with one attached hydrogen (secondary N) is 3. The van der Waals surface area contributed by atoms with E-state index in [-0.39, 0.29) is 24.3 Å². The first-order chi connectivity index (χ1) is 22.8. The molecule has 1 saturated carbocycles. The first kappa shape index (κ1) is 34.1. The number of aliphatic hydroxyl groups is 1. The van der Waals surface area contributed by atoms with Gasteiger partial charge >= 0.3 is 0 Å². The number of nitrogens with zero attached hydrogens (tertiary/aromatic N) is 1. The van der Waals surface area contributed by atoms with E-state index in [1.165, 1.54) is 6.92 Å². The van der Waals surface area contributed by atoms with Crippen molar-refractivity contribution in [3.05, 3.63) is 102 Å². The molecule has 4 N–H and O–H groups in total. The van der Waals surface area contributed by atoms with Gasteiger partial charge in [0, 0.05) is 26.6 Å². The molecule has 0 aromatic heterocycles. The molecule has 1 aliphatic heterocycles. The first-order valence-corrected chi connectivity index (χ1v) is 16.8. The van der Waals surface area contributed by atoms with Crippen molar-refractivity contribution in [1.29, 1.82) is 0 Å². The molecule has 2 fully saturated rings. The molecule has 47 heavy (non-hydrogen) atoms. The molecule has 5 rings (SSSR count). The van der Waals surface area contributed by atoms with Crippen LogP contribution in [0.25, 0.3) is 0 Å². The fourth-order valence-electron chi connectivity index (χ4n) is 6.70. The van der Waals surface area contributed by atoms with Crippen LogP contribution in [0, 0.1) is 5.92 Å². The average Bonchev–Trinajstić information content (AvgIpc) is 3.84. The normalized spacial score (nSPS) is 19.6. The van der Waals surface area contributed by atoms with Gasteiger partial charge < -0.3 is 30.7 Å². The summed E-state index contributed by atoms with van der Waals surface area (Å²) >= 11 is 0. The second kappa shape index (κ2) is 16.1. The Labute approximate surface area is 278 Å². The monoisotopic (exact) mass is 640 g/mol. The number of ether oxygens (including phenoxy) is 1. The standard InChI is InChI=1S/C38H48N4O5/c1-27(43)41-38(24-30-16-17-30)20-21-42(37(38)46)34(19-18-28-10-5-3-6-11-28)36(45)40-33(23-29-12-7-4-8-13-29)35(44)26-39-25-31-14-9-15-32(22-31)47-2/h3-15,22,30,33-35,39,44H,16-21,23-26H2,1-2H3,(H,40,45)(H,41,43)/t33-,34-,35+,38?/m0/s1. The van der Waals surface area contributed by atoms with E-state index < -0.39 is 23.7 Å². The lowest BCUT2D eigenvalue weighted by atomic mass is 9.90. The van der Waals surface area contributed by atoms with E-state index in [2.05, 4.69) is 16.0 Å². The summed E-state index contributed by atoms with van der Waals surface area (Å²) in [7, 11) is 1.63. The number of aliphatic hydroxyl groups excluding tert-OH is 1. The van der Waals surface area contributed by atoms with Crippen molar-refractivity contribution in [3.63, 3.8) is 0 Å². The zero-order valence-electron chi connectivity index (χ0n) is 27.5. The molecule has 0 spiro atoms. The molecule has 4 atom stereocenters. The third kappa shape index (κ3) is 9.42. The van der Waals surface area contributed by atoms with Gasteiger partial charge in [-0.3, -0.25) is 14.4 Å². The minimum Gasteiger partial charge on any atom is -0.497 e. The third-order valence-corrected chi connectivity index (χ3v) is 9.33. The molecule has 9 heteroatoms. The van der Waals surface area contributed by atoms with Crippen LogP contribution < -0.4 is 20.7 Å². The highest BCUT2D eigenvalue weighted by atomic mass is 16.5. The quantitative estimate of drug-likeness (QED) is 0.178. The number of amides is 3. The number of rotatable bonds is 17. The molecule has 3 amide bonds. The molecule has 1 aliphatic carbocycles. The number of carbonyl (C=O) groups is 3. The van der Waals surface area contributed by atoms with Gasteiger partial charge in [-0.05, 0) is 66.8 Å². The zero-order chi connectivity index (χ0) is 33.2. The molecule has 0 radical (unpaired) electrons. The Morgan fingerprint density at radius 3 is 2.32 bits per heavy atom. The summed E-state index contributed by atoms with van der Waals surface area (Å²) in [4.78, 5) is 42.4. The fraction of sp³-hybridized carbons (Fsp3) is 0.447. The van der Waals surface area contributed by atoms with E-state index in [0.29, 0.717) is 51.1 Å². The van der Waals surface area contributed by atoms with Crippen LogP contribution in [0.2, 0.25) is 0 Å². The highest BCUT2D eigenvalue weighted by molar-refractivity contribution is 5.96. The minimum absolute atomic E-state index is 0.187. The summed E-state index contributed by atoms with van der Waals surface area (Å²) < 4.78 is 5.33. The van der Waals surface area contributed by atoms with Crippen molar-refractivity contribution in [1.82, 2.24) is 20.9 Å². The Balaban J connectivity index is 1.34. The topological polar surface area (TPSA) is 120 Å². The van der Waals surface area contributed by atoms with Gasteiger partial charge in [-0.15, -0.1) is 0 Å². The van der Waals surface area contributed by atoms with E-state index in [1.54, 1.807) is 12.0 Å². The second-order valence-electron chi connectivity index (χ2n) is 13.1. The molecule has 1 saturated heterocycles. The van der Waals surface area contributed by atoms with Gasteiger partial charge in [-0.25, -0.2) is 0 Å². The van der Waals surface area contributed by atoms with Crippen molar-refractivity contribution in [3.8, 4) is 5.75 Å². The molecular formula is C38H48N4O5. The molecule has 3 aromatic carbocycles. The number of hydrogen-bond donors (Lipinski definition) is 4. The smallest absolute Gasteiger partial charge is 0.249 e. The summed E-state index contributed by atoms with van der Waals surface area (Å²) in [6.45, 7) is 2.60. The van der Waals surface area contributed by atoms with E-state index in [0.717, 1.165) is 35.3 Å². The maximum absolute atomic E-state index is 14.3. The highest BCUT2D eigenvalue weighted by Crippen LogP contribution is 2.41. The summed E-state index contributed by atoms with van der Waals surface area (Å²) in [5.41, 5.74) is 2.09. The van der Waals surface area contributed by atoms with Gasteiger partial charge in [0.1, 0.15) is 17.3 Å². The number of hydrogen-bond acceptors (Lipinski definition) is 6. The number of carbonyl (C=O) groups excluding carboxylic acids is 3. The molecule has 1 unspecified atom stereocenters. The van der Waals surface area contributed by atoms with E-state index in [4.69, 9.17) is 4.74 Å². The van der Waals surface area contributed by atoms with E-state index in [9.17, 15) is 19.5 Å². The van der Waals surface area contributed by atoms with Gasteiger partial charge in [-0.2, -0.15) is 0 Å². The van der Waals surface area contributed by atoms with Crippen LogP contribution in [0.3, 0.4) is 0 Å². The molecular weight excluding hydrogens is 592 g/mol. The van der Waals surface area contributed by atoms with Crippen LogP contribution in [0.5, 0.6) is 5.75 Å². The van der Waals surface area contributed by atoms with Crippen molar-refractivity contribution in [2.24, 2.45) is 5.92 Å². The molecule has 2 aliphatic rings. The van der Waals surface area contributed by atoms with Crippen molar-refractivity contribution in [2.75, 3.05) is 20.2 Å². The lowest BCUT2D eigenvalue weighted by Gasteiger charge is -2.33. The predicted octanol–water partition coefficient (Wildman–Crippen LogP) is 3.78. The summed E-state index contributed by atoms with van der Waals surface area (Å²) in [5, 5.41) is 20.9. The SMILES string of the molecule is COc1cccc(CNC[C@@H](O)[C@H](Cc2ccccc2)NC(=O)[C@H](CCc2ccccc2)N2CCC(CC3CC3)(NC(C)=O)C2=O)c1. The van der Waals surface area contributed by atoms with Crippen LogP contribution in [0.1, 0.15) is 55.7 Å². The third-order valence-electron chi connectivity index (χ3n) is 9.33. The Bertz CT molecular complexity index is 1480. The molecule has 1 heterocycles. The lowest BCUT2D eigenvalue weighted by molar-refractivity contribution is -0.143.